The summed E-state index contributed by atoms with van der Waals surface area (Å²) in [5.41, 5.74) is 6.12. The van der Waals surface area contributed by atoms with Gasteiger partial charge in [0.2, 0.25) is 5.91 Å². The van der Waals surface area contributed by atoms with Crippen LogP contribution >= 0.6 is 31.9 Å². The molecule has 1 aromatic carbocycles. The number of anilines is 1. The summed E-state index contributed by atoms with van der Waals surface area (Å²) in [6, 6.07) is 3.21. The van der Waals surface area contributed by atoms with Crippen molar-refractivity contribution in [2.45, 2.75) is 25.3 Å². The highest BCUT2D eigenvalue weighted by molar-refractivity contribution is 9.11. The number of benzene rings is 1. The maximum absolute atomic E-state index is 12.2. The van der Waals surface area contributed by atoms with Crippen molar-refractivity contribution >= 4 is 49.4 Å². The molecule has 1 aliphatic rings. The summed E-state index contributed by atoms with van der Waals surface area (Å²) in [4.78, 5) is 23.4. The molecule has 0 spiro atoms. The van der Waals surface area contributed by atoms with E-state index in [1.807, 2.05) is 0 Å². The van der Waals surface area contributed by atoms with E-state index in [-0.39, 0.29) is 29.1 Å². The summed E-state index contributed by atoms with van der Waals surface area (Å²) in [5, 5.41) is 11.9. The van der Waals surface area contributed by atoms with E-state index in [0.29, 0.717) is 15.4 Å². The van der Waals surface area contributed by atoms with Gasteiger partial charge in [-0.1, -0.05) is 15.9 Å². The van der Waals surface area contributed by atoms with Crippen molar-refractivity contribution in [1.82, 2.24) is 0 Å². The number of halogens is 2. The molecule has 1 aliphatic carbocycles. The van der Waals surface area contributed by atoms with Gasteiger partial charge in [0.25, 0.3) is 0 Å². The molecule has 0 saturated heterocycles. The number of amides is 1. The van der Waals surface area contributed by atoms with Crippen molar-refractivity contribution in [3.8, 4) is 0 Å². The third-order valence-electron chi connectivity index (χ3n) is 3.38. The summed E-state index contributed by atoms with van der Waals surface area (Å²) < 4.78 is 1.16. The fraction of sp³-hybridized carbons (Fsp3) is 0.385. The summed E-state index contributed by atoms with van der Waals surface area (Å²) in [7, 11) is 0. The molecule has 1 fully saturated rings. The number of carbonyl (C=O) groups excluding carboxylic acids is 1. The fourth-order valence-corrected chi connectivity index (χ4v) is 3.67. The maximum atomic E-state index is 12.2. The molecule has 2 atom stereocenters. The molecule has 108 valence electrons. The number of hydrogen-bond donors (Lipinski definition) is 3. The van der Waals surface area contributed by atoms with Crippen LogP contribution in [0, 0.1) is 5.92 Å². The Morgan fingerprint density at radius 3 is 2.55 bits per heavy atom. The minimum atomic E-state index is -1.09. The van der Waals surface area contributed by atoms with Gasteiger partial charge in [-0.2, -0.15) is 0 Å². The first-order chi connectivity index (χ1) is 9.38. The minimum Gasteiger partial charge on any atom is -0.478 e. The highest BCUT2D eigenvalue weighted by Gasteiger charge is 2.29. The normalized spacial score (nSPS) is 21.8. The van der Waals surface area contributed by atoms with Crippen LogP contribution in [0.4, 0.5) is 5.69 Å². The Balaban J connectivity index is 2.24. The van der Waals surface area contributed by atoms with Gasteiger partial charge < -0.3 is 16.2 Å². The molecule has 0 aliphatic heterocycles. The smallest absolute Gasteiger partial charge is 0.337 e. The average Bonchev–Trinajstić information content (AvgIpc) is 2.78. The molecular formula is C13H14Br2N2O3. The van der Waals surface area contributed by atoms with Crippen LogP contribution in [0.15, 0.2) is 21.1 Å². The zero-order chi connectivity index (χ0) is 14.9. The number of hydrogen-bond acceptors (Lipinski definition) is 3. The number of carbonyl (C=O) groups is 2. The van der Waals surface area contributed by atoms with Crippen molar-refractivity contribution < 1.29 is 14.7 Å². The van der Waals surface area contributed by atoms with Crippen molar-refractivity contribution in [3.63, 3.8) is 0 Å². The van der Waals surface area contributed by atoms with Crippen LogP contribution < -0.4 is 11.1 Å². The Bertz CT molecular complexity index is 563. The van der Waals surface area contributed by atoms with Crippen molar-refractivity contribution in [2.24, 2.45) is 11.7 Å². The van der Waals surface area contributed by atoms with E-state index in [0.717, 1.165) is 12.8 Å². The number of aromatic carboxylic acids is 1. The lowest BCUT2D eigenvalue weighted by atomic mass is 10.1. The van der Waals surface area contributed by atoms with Gasteiger partial charge in [-0.25, -0.2) is 4.79 Å². The Hall–Kier alpha value is -0.920. The van der Waals surface area contributed by atoms with Gasteiger partial charge in [0, 0.05) is 20.9 Å². The molecule has 1 amide bonds. The predicted octanol–water partition coefficient (Wildman–Crippen LogP) is 2.98. The van der Waals surface area contributed by atoms with Crippen LogP contribution in [0.3, 0.4) is 0 Å². The molecule has 2 unspecified atom stereocenters. The number of carboxylic acid groups (broad SMARTS) is 1. The zero-order valence-corrected chi connectivity index (χ0v) is 13.7. The van der Waals surface area contributed by atoms with E-state index in [1.165, 1.54) is 6.07 Å². The topological polar surface area (TPSA) is 92.4 Å². The lowest BCUT2D eigenvalue weighted by Crippen LogP contribution is -2.24. The van der Waals surface area contributed by atoms with E-state index in [2.05, 4.69) is 37.2 Å². The van der Waals surface area contributed by atoms with E-state index < -0.39 is 5.97 Å². The Morgan fingerprint density at radius 2 is 2.00 bits per heavy atom. The van der Waals surface area contributed by atoms with Crippen LogP contribution in [0.5, 0.6) is 0 Å². The summed E-state index contributed by atoms with van der Waals surface area (Å²) in [5.74, 6) is -1.42. The van der Waals surface area contributed by atoms with E-state index in [1.54, 1.807) is 6.07 Å². The largest absolute Gasteiger partial charge is 0.478 e. The highest BCUT2D eigenvalue weighted by Crippen LogP contribution is 2.32. The standard InChI is InChI=1S/C13H14Br2N2O3/c14-7-4-9(13(19)20)11(10(15)5-7)17-12(18)6-1-2-8(16)3-6/h4-6,8H,1-3,16H2,(H,17,18)(H,19,20). The molecular weight excluding hydrogens is 392 g/mol. The van der Waals surface area contributed by atoms with Gasteiger partial charge in [0.05, 0.1) is 11.3 Å². The van der Waals surface area contributed by atoms with Gasteiger partial charge in [-0.05, 0) is 47.3 Å². The second-order valence-corrected chi connectivity index (χ2v) is 6.64. The SMILES string of the molecule is NC1CCC(C(=O)Nc2c(Br)cc(Br)cc2C(=O)O)C1. The molecule has 7 heteroatoms. The van der Waals surface area contributed by atoms with Crippen molar-refractivity contribution in [3.05, 3.63) is 26.6 Å². The van der Waals surface area contributed by atoms with Crippen LogP contribution in [0.2, 0.25) is 0 Å². The summed E-state index contributed by atoms with van der Waals surface area (Å²) >= 11 is 6.52. The van der Waals surface area contributed by atoms with Crippen LogP contribution in [0.25, 0.3) is 0 Å². The maximum Gasteiger partial charge on any atom is 0.337 e. The number of rotatable bonds is 3. The molecule has 5 nitrogen and oxygen atoms in total. The first-order valence-corrected chi connectivity index (χ1v) is 7.76. The van der Waals surface area contributed by atoms with E-state index >= 15 is 0 Å². The molecule has 2 rings (SSSR count). The second-order valence-electron chi connectivity index (χ2n) is 4.87. The monoisotopic (exact) mass is 404 g/mol. The zero-order valence-electron chi connectivity index (χ0n) is 10.5. The number of carboxylic acids is 1. The lowest BCUT2D eigenvalue weighted by molar-refractivity contribution is -0.119. The Labute approximate surface area is 133 Å². The third-order valence-corrected chi connectivity index (χ3v) is 4.46. The first-order valence-electron chi connectivity index (χ1n) is 6.17. The van der Waals surface area contributed by atoms with E-state index in [9.17, 15) is 14.7 Å². The minimum absolute atomic E-state index is 0.0434. The second kappa shape index (κ2) is 6.24. The number of nitrogens with two attached hydrogens (primary N) is 1. The summed E-state index contributed by atoms with van der Waals surface area (Å²) in [6.07, 6.45) is 2.21. The number of nitrogens with one attached hydrogen (secondary N) is 1. The summed E-state index contributed by atoms with van der Waals surface area (Å²) in [6.45, 7) is 0. The van der Waals surface area contributed by atoms with Gasteiger partial charge in [0.1, 0.15) is 0 Å². The van der Waals surface area contributed by atoms with Crippen LogP contribution in [-0.4, -0.2) is 23.0 Å². The fourth-order valence-electron chi connectivity index (χ4n) is 2.35. The molecule has 0 aromatic heterocycles. The Morgan fingerprint density at radius 1 is 1.30 bits per heavy atom. The van der Waals surface area contributed by atoms with E-state index in [4.69, 9.17) is 5.73 Å². The Kier molecular flexibility index (Phi) is 4.82. The lowest BCUT2D eigenvalue weighted by Gasteiger charge is -2.14. The quantitative estimate of drug-likeness (QED) is 0.720. The molecule has 20 heavy (non-hydrogen) atoms. The van der Waals surface area contributed by atoms with Crippen molar-refractivity contribution in [1.29, 1.82) is 0 Å². The molecule has 0 heterocycles. The molecule has 0 bridgehead atoms. The van der Waals surface area contributed by atoms with Gasteiger partial charge >= 0.3 is 5.97 Å². The predicted molar refractivity (Wildman–Crippen MR) is 82.7 cm³/mol. The molecule has 1 aromatic rings. The molecule has 4 N–H and O–H groups in total. The average molecular weight is 406 g/mol. The van der Waals surface area contributed by atoms with Crippen molar-refractivity contribution in [2.75, 3.05) is 5.32 Å². The molecule has 1 saturated carbocycles. The first kappa shape index (κ1) is 15.5. The molecule has 0 radical (unpaired) electrons. The van der Waals surface area contributed by atoms with Gasteiger partial charge in [-0.3, -0.25) is 4.79 Å². The highest BCUT2D eigenvalue weighted by atomic mass is 79.9. The van der Waals surface area contributed by atoms with Gasteiger partial charge in [0.15, 0.2) is 0 Å². The van der Waals surface area contributed by atoms with Crippen LogP contribution in [0.1, 0.15) is 29.6 Å². The third kappa shape index (κ3) is 3.39. The van der Waals surface area contributed by atoms with Gasteiger partial charge in [-0.15, -0.1) is 0 Å². The van der Waals surface area contributed by atoms with Crippen LogP contribution in [-0.2, 0) is 4.79 Å².